The molecule has 5 heteroatoms. The second-order valence-electron chi connectivity index (χ2n) is 29.9. The molecule has 7 aromatic carbocycles. The standard InChI is InChI=1S/C74H84BN3S/c1-45-22-18-20-24-59(45)76(60-25-21-19-23-46(60)2)50-28-31-58-61(42-50)77(48-26-29-52-54(40-48)71(10,11)34-32-69(52,6)7)62-38-47(68(3,4)5)39-63-65(62)75(58)67-66(51-43-56-57(44-64(51)79-67)74(16,17)37-36-73(56,14)15)78(63)49-27-30-53-55(41-49)72(12,13)35-33-70(53,8)9/h18-31,38-44H,32-37H2,1-17H3. The molecule has 0 bridgehead atoms. The molecule has 5 aliphatic rings. The van der Waals surface area contributed by atoms with Gasteiger partial charge >= 0.3 is 0 Å². The van der Waals surface area contributed by atoms with Crippen LogP contribution in [0.3, 0.4) is 0 Å². The van der Waals surface area contributed by atoms with E-state index >= 15 is 0 Å². The van der Waals surface area contributed by atoms with E-state index in [0.717, 1.165) is 12.1 Å². The molecule has 3 nitrogen and oxygen atoms in total. The average Bonchev–Trinajstić information content (AvgIpc) is 2.98. The van der Waals surface area contributed by atoms with Gasteiger partial charge in [0.25, 0.3) is 6.71 Å². The average molecular weight is 1060 g/mol. The fourth-order valence-electron chi connectivity index (χ4n) is 15.1. The quantitative estimate of drug-likeness (QED) is 0.159. The molecular weight excluding hydrogens is 974 g/mol. The van der Waals surface area contributed by atoms with Gasteiger partial charge in [-0.05, 0) is 224 Å². The summed E-state index contributed by atoms with van der Waals surface area (Å²) in [6.07, 6.45) is 7.07. The first-order valence-corrected chi connectivity index (χ1v) is 30.7. The Labute approximate surface area is 478 Å². The van der Waals surface area contributed by atoms with Crippen LogP contribution in [-0.2, 0) is 37.9 Å². The topological polar surface area (TPSA) is 9.72 Å². The number of aryl methyl sites for hydroxylation is 2. The van der Waals surface area contributed by atoms with Crippen LogP contribution < -0.4 is 30.4 Å². The number of thiophene rings is 1. The van der Waals surface area contributed by atoms with Crippen molar-refractivity contribution in [2.75, 3.05) is 14.7 Å². The van der Waals surface area contributed by atoms with E-state index in [4.69, 9.17) is 0 Å². The summed E-state index contributed by atoms with van der Waals surface area (Å²) >= 11 is 2.07. The molecule has 0 radical (unpaired) electrons. The lowest BCUT2D eigenvalue weighted by Gasteiger charge is -2.46. The Hall–Kier alpha value is -6.04. The molecule has 8 aromatic rings. The lowest BCUT2D eigenvalue weighted by atomic mass is 9.36. The molecule has 0 N–H and O–H groups in total. The Morgan fingerprint density at radius 3 is 1.39 bits per heavy atom. The maximum atomic E-state index is 2.78. The number of fused-ring (bicyclic) bond motifs is 9. The van der Waals surface area contributed by atoms with Crippen molar-refractivity contribution in [3.63, 3.8) is 0 Å². The van der Waals surface area contributed by atoms with Crippen LogP contribution in [0.15, 0.2) is 127 Å². The van der Waals surface area contributed by atoms with Gasteiger partial charge in [0.15, 0.2) is 0 Å². The smallest absolute Gasteiger partial charge is 0.264 e. The molecule has 3 aliphatic carbocycles. The first-order valence-electron chi connectivity index (χ1n) is 29.8. The molecule has 404 valence electrons. The van der Waals surface area contributed by atoms with Crippen molar-refractivity contribution in [1.82, 2.24) is 0 Å². The maximum absolute atomic E-state index is 2.78. The lowest BCUT2D eigenvalue weighted by molar-refractivity contribution is 0.332. The van der Waals surface area contributed by atoms with E-state index in [9.17, 15) is 0 Å². The van der Waals surface area contributed by atoms with Crippen LogP contribution in [0.2, 0.25) is 0 Å². The molecule has 0 spiro atoms. The van der Waals surface area contributed by atoms with Gasteiger partial charge < -0.3 is 14.7 Å². The summed E-state index contributed by atoms with van der Waals surface area (Å²) in [5.41, 5.74) is 27.2. The van der Waals surface area contributed by atoms with E-state index in [1.165, 1.54) is 153 Å². The van der Waals surface area contributed by atoms with E-state index in [2.05, 4.69) is 271 Å². The summed E-state index contributed by atoms with van der Waals surface area (Å²) < 4.78 is 2.84. The highest BCUT2D eigenvalue weighted by Gasteiger charge is 2.49. The maximum Gasteiger partial charge on any atom is 0.264 e. The monoisotopic (exact) mass is 1060 g/mol. The van der Waals surface area contributed by atoms with E-state index in [1.807, 2.05) is 0 Å². The molecule has 1 aromatic heterocycles. The number of benzene rings is 7. The van der Waals surface area contributed by atoms with Gasteiger partial charge in [-0.1, -0.05) is 158 Å². The first-order chi connectivity index (χ1) is 37.1. The van der Waals surface area contributed by atoms with E-state index in [1.54, 1.807) is 0 Å². The van der Waals surface area contributed by atoms with Crippen molar-refractivity contribution in [3.05, 3.63) is 177 Å². The minimum Gasteiger partial charge on any atom is -0.311 e. The molecule has 0 atom stereocenters. The molecule has 79 heavy (non-hydrogen) atoms. The summed E-state index contributed by atoms with van der Waals surface area (Å²) in [6, 6.07) is 51.2. The van der Waals surface area contributed by atoms with E-state index < -0.39 is 0 Å². The molecule has 0 amide bonds. The van der Waals surface area contributed by atoms with Crippen LogP contribution in [0.1, 0.15) is 192 Å². The molecule has 13 rings (SSSR count). The van der Waals surface area contributed by atoms with Gasteiger partial charge in [-0.15, -0.1) is 11.3 Å². The zero-order valence-corrected chi connectivity index (χ0v) is 51.5. The normalized spacial score (nSPS) is 19.4. The Bertz CT molecular complexity index is 3810. The third-order valence-corrected chi connectivity index (χ3v) is 21.9. The molecule has 0 fully saturated rings. The van der Waals surface area contributed by atoms with Crippen molar-refractivity contribution in [3.8, 4) is 0 Å². The zero-order valence-electron chi connectivity index (χ0n) is 50.7. The number of nitrogens with zero attached hydrogens (tertiary/aromatic N) is 3. The van der Waals surface area contributed by atoms with Gasteiger partial charge in [-0.2, -0.15) is 0 Å². The van der Waals surface area contributed by atoms with Crippen LogP contribution in [0.4, 0.5) is 51.2 Å². The predicted molar refractivity (Wildman–Crippen MR) is 345 cm³/mol. The number of hydrogen-bond donors (Lipinski definition) is 0. The Balaban J connectivity index is 1.17. The number of hydrogen-bond acceptors (Lipinski definition) is 4. The summed E-state index contributed by atoms with van der Waals surface area (Å²) in [5.74, 6) is 0. The third kappa shape index (κ3) is 7.99. The van der Waals surface area contributed by atoms with Gasteiger partial charge in [-0.25, -0.2) is 0 Å². The number of para-hydroxylation sites is 2. The molecule has 3 heterocycles. The summed E-state index contributed by atoms with van der Waals surface area (Å²) in [5, 5.41) is 1.39. The Kier molecular flexibility index (Phi) is 11.4. The fraction of sp³-hybridized carbons (Fsp3) is 0.405. The molecular formula is C74H84BN3S. The Morgan fingerprint density at radius 1 is 0.456 bits per heavy atom. The summed E-state index contributed by atoms with van der Waals surface area (Å²) in [4.78, 5) is 8.01. The van der Waals surface area contributed by atoms with Gasteiger partial charge in [0, 0.05) is 60.4 Å². The van der Waals surface area contributed by atoms with Crippen molar-refractivity contribution < 1.29 is 0 Å². The minimum atomic E-state index is -0.150. The van der Waals surface area contributed by atoms with E-state index in [-0.39, 0.29) is 44.6 Å². The van der Waals surface area contributed by atoms with Gasteiger partial charge in [0.2, 0.25) is 0 Å². The molecule has 0 saturated heterocycles. The highest BCUT2D eigenvalue weighted by atomic mass is 32.1. The number of anilines is 9. The van der Waals surface area contributed by atoms with Crippen molar-refractivity contribution in [2.45, 2.75) is 194 Å². The second-order valence-corrected chi connectivity index (χ2v) is 31.0. The second kappa shape index (κ2) is 17.2. The SMILES string of the molecule is Cc1ccccc1N(c1ccc2c(c1)N(c1ccc3c(c1)C(C)(C)CCC3(C)C)c1cc(C(C)(C)C)cc3c1B2c1sc2cc4c(cc2c1N3c1ccc2c(c1)C(C)(C)CCC2(C)C)C(C)(C)CCC4(C)C)c1ccccc1C. The lowest BCUT2D eigenvalue weighted by Crippen LogP contribution is -2.60. The van der Waals surface area contributed by atoms with Crippen LogP contribution in [0, 0.1) is 13.8 Å². The van der Waals surface area contributed by atoms with Crippen LogP contribution in [0.5, 0.6) is 0 Å². The van der Waals surface area contributed by atoms with Crippen molar-refractivity contribution >= 4 is 95.0 Å². The molecule has 0 saturated carbocycles. The van der Waals surface area contributed by atoms with Crippen LogP contribution in [-0.4, -0.2) is 6.71 Å². The van der Waals surface area contributed by atoms with Gasteiger partial charge in [-0.3, -0.25) is 0 Å². The van der Waals surface area contributed by atoms with Crippen LogP contribution >= 0.6 is 11.3 Å². The largest absolute Gasteiger partial charge is 0.311 e. The van der Waals surface area contributed by atoms with Crippen molar-refractivity contribution in [2.24, 2.45) is 0 Å². The predicted octanol–water partition coefficient (Wildman–Crippen LogP) is 19.4. The zero-order chi connectivity index (χ0) is 55.9. The third-order valence-electron chi connectivity index (χ3n) is 20.6. The van der Waals surface area contributed by atoms with E-state index in [0.29, 0.717) is 0 Å². The van der Waals surface area contributed by atoms with Gasteiger partial charge in [0.05, 0.1) is 5.69 Å². The summed E-state index contributed by atoms with van der Waals surface area (Å²) in [6.45, 7) is 41.5. The number of rotatable bonds is 5. The first kappa shape index (κ1) is 52.3. The van der Waals surface area contributed by atoms with Gasteiger partial charge in [0.1, 0.15) is 0 Å². The molecule has 2 aliphatic heterocycles. The Morgan fingerprint density at radius 2 is 0.899 bits per heavy atom. The highest BCUT2D eigenvalue weighted by molar-refractivity contribution is 7.33. The fourth-order valence-corrected chi connectivity index (χ4v) is 16.5. The van der Waals surface area contributed by atoms with Crippen molar-refractivity contribution in [1.29, 1.82) is 0 Å². The minimum absolute atomic E-state index is 0.00704. The highest BCUT2D eigenvalue weighted by Crippen LogP contribution is 2.56. The molecule has 0 unspecified atom stereocenters. The van der Waals surface area contributed by atoms with Crippen LogP contribution in [0.25, 0.3) is 10.1 Å². The summed E-state index contributed by atoms with van der Waals surface area (Å²) in [7, 11) is 0.